The van der Waals surface area contributed by atoms with Gasteiger partial charge in [0.2, 0.25) is 0 Å². The Kier molecular flexibility index (Phi) is 4.99. The minimum absolute atomic E-state index is 0.0419. The first-order valence-corrected chi connectivity index (χ1v) is 7.03. The van der Waals surface area contributed by atoms with E-state index in [2.05, 4.69) is 23.3 Å². The van der Waals surface area contributed by atoms with E-state index in [0.717, 1.165) is 23.4 Å². The summed E-state index contributed by atoms with van der Waals surface area (Å²) in [6.45, 7) is 2.13. The van der Waals surface area contributed by atoms with Crippen LogP contribution in [0.4, 0.5) is 0 Å². The zero-order chi connectivity index (χ0) is 14.5. The van der Waals surface area contributed by atoms with E-state index in [1.54, 1.807) is 7.11 Å². The van der Waals surface area contributed by atoms with Crippen LogP contribution in [-0.2, 0) is 6.42 Å². The van der Waals surface area contributed by atoms with Crippen LogP contribution in [0, 0.1) is 0 Å². The minimum atomic E-state index is -0.0419. The van der Waals surface area contributed by atoms with Gasteiger partial charge in [0, 0.05) is 16.8 Å². The summed E-state index contributed by atoms with van der Waals surface area (Å²) < 4.78 is 5.45. The predicted molar refractivity (Wildman–Crippen MR) is 82.5 cm³/mol. The summed E-state index contributed by atoms with van der Waals surface area (Å²) in [7, 11) is 3.58. The molecule has 0 aliphatic rings. The number of aryl methyl sites for hydroxylation is 1. The van der Waals surface area contributed by atoms with Crippen LogP contribution in [0.15, 0.2) is 36.5 Å². The number of pyridine rings is 1. The summed E-state index contributed by atoms with van der Waals surface area (Å²) in [5.41, 5.74) is 3.22. The molecule has 1 heterocycles. The molecule has 1 unspecified atom stereocenters. The van der Waals surface area contributed by atoms with E-state index >= 15 is 0 Å². The number of hydrogen-bond acceptors (Lipinski definition) is 3. The van der Waals surface area contributed by atoms with E-state index in [4.69, 9.17) is 16.3 Å². The Balaban J connectivity index is 2.55. The third kappa shape index (κ3) is 2.94. The van der Waals surface area contributed by atoms with Gasteiger partial charge in [-0.25, -0.2) is 0 Å². The van der Waals surface area contributed by atoms with Crippen molar-refractivity contribution in [3.05, 3.63) is 58.4 Å². The molecule has 0 saturated heterocycles. The lowest BCUT2D eigenvalue weighted by Gasteiger charge is -2.21. The molecule has 0 spiro atoms. The van der Waals surface area contributed by atoms with Gasteiger partial charge in [-0.05, 0) is 43.3 Å². The molecular formula is C16H19ClN2O. The van der Waals surface area contributed by atoms with E-state index in [0.29, 0.717) is 5.02 Å². The number of aromatic nitrogens is 1. The topological polar surface area (TPSA) is 34.2 Å². The number of benzene rings is 1. The summed E-state index contributed by atoms with van der Waals surface area (Å²) in [6, 6.07) is 9.66. The molecule has 0 saturated carbocycles. The molecule has 20 heavy (non-hydrogen) atoms. The number of methoxy groups -OCH3 is 1. The van der Waals surface area contributed by atoms with Crippen LogP contribution in [0.2, 0.25) is 5.02 Å². The van der Waals surface area contributed by atoms with Crippen LogP contribution in [-0.4, -0.2) is 19.1 Å². The van der Waals surface area contributed by atoms with Gasteiger partial charge >= 0.3 is 0 Å². The normalized spacial score (nSPS) is 12.2. The van der Waals surface area contributed by atoms with E-state index in [-0.39, 0.29) is 6.04 Å². The molecule has 2 rings (SSSR count). The first kappa shape index (κ1) is 14.8. The third-order valence-corrected chi connectivity index (χ3v) is 3.61. The van der Waals surface area contributed by atoms with Crippen molar-refractivity contribution in [2.75, 3.05) is 14.2 Å². The molecule has 1 atom stereocenters. The molecule has 0 radical (unpaired) electrons. The van der Waals surface area contributed by atoms with Gasteiger partial charge in [0.1, 0.15) is 5.75 Å². The van der Waals surface area contributed by atoms with E-state index < -0.39 is 0 Å². The summed E-state index contributed by atoms with van der Waals surface area (Å²) >= 11 is 6.13. The highest BCUT2D eigenvalue weighted by molar-refractivity contribution is 6.30. The highest BCUT2D eigenvalue weighted by Gasteiger charge is 2.20. The van der Waals surface area contributed by atoms with Crippen LogP contribution in [0.1, 0.15) is 29.8 Å². The lowest BCUT2D eigenvalue weighted by molar-refractivity contribution is 0.405. The van der Waals surface area contributed by atoms with Gasteiger partial charge in [-0.1, -0.05) is 24.6 Å². The van der Waals surface area contributed by atoms with E-state index in [9.17, 15) is 0 Å². The fourth-order valence-electron chi connectivity index (χ4n) is 2.38. The lowest BCUT2D eigenvalue weighted by atomic mass is 9.97. The molecule has 0 fully saturated rings. The number of halogens is 1. The molecule has 3 nitrogen and oxygen atoms in total. The Morgan fingerprint density at radius 2 is 2.15 bits per heavy atom. The highest BCUT2D eigenvalue weighted by Crippen LogP contribution is 2.32. The maximum atomic E-state index is 6.13. The first-order chi connectivity index (χ1) is 9.71. The number of nitrogens with one attached hydrogen (secondary N) is 1. The van der Waals surface area contributed by atoms with Gasteiger partial charge in [-0.3, -0.25) is 4.98 Å². The fraction of sp³-hybridized carbons (Fsp3) is 0.312. The van der Waals surface area contributed by atoms with Gasteiger partial charge < -0.3 is 10.1 Å². The maximum Gasteiger partial charge on any atom is 0.124 e. The van der Waals surface area contributed by atoms with Crippen LogP contribution < -0.4 is 10.1 Å². The Morgan fingerprint density at radius 1 is 1.35 bits per heavy atom. The monoisotopic (exact) mass is 290 g/mol. The summed E-state index contributed by atoms with van der Waals surface area (Å²) in [5, 5.41) is 4.00. The van der Waals surface area contributed by atoms with Gasteiger partial charge in [-0.15, -0.1) is 0 Å². The summed E-state index contributed by atoms with van der Waals surface area (Å²) in [5.74, 6) is 0.807. The Labute approximate surface area is 124 Å². The molecule has 4 heteroatoms. The quantitative estimate of drug-likeness (QED) is 0.913. The average Bonchev–Trinajstić information content (AvgIpc) is 2.49. The van der Waals surface area contributed by atoms with Crippen molar-refractivity contribution >= 4 is 11.6 Å². The van der Waals surface area contributed by atoms with Gasteiger partial charge in [0.25, 0.3) is 0 Å². The Bertz CT molecular complexity index is 586. The molecule has 1 aromatic heterocycles. The number of ether oxygens (including phenoxy) is 1. The molecule has 1 N–H and O–H groups in total. The second kappa shape index (κ2) is 6.73. The number of hydrogen-bond donors (Lipinski definition) is 1. The van der Waals surface area contributed by atoms with Crippen molar-refractivity contribution in [1.82, 2.24) is 10.3 Å². The molecule has 0 amide bonds. The minimum Gasteiger partial charge on any atom is -0.496 e. The molecule has 1 aromatic carbocycles. The van der Waals surface area contributed by atoms with Gasteiger partial charge in [-0.2, -0.15) is 0 Å². The predicted octanol–water partition coefficient (Wildman–Crippen LogP) is 3.61. The van der Waals surface area contributed by atoms with Crippen LogP contribution in [0.3, 0.4) is 0 Å². The second-order valence-corrected chi connectivity index (χ2v) is 4.95. The van der Waals surface area contributed by atoms with Crippen molar-refractivity contribution in [2.45, 2.75) is 19.4 Å². The van der Waals surface area contributed by atoms with Gasteiger partial charge in [0.05, 0.1) is 18.8 Å². The van der Waals surface area contributed by atoms with Crippen LogP contribution in [0.5, 0.6) is 5.75 Å². The van der Waals surface area contributed by atoms with Crippen molar-refractivity contribution in [3.8, 4) is 5.75 Å². The molecule has 0 bridgehead atoms. The highest BCUT2D eigenvalue weighted by atomic mass is 35.5. The second-order valence-electron chi connectivity index (χ2n) is 4.51. The van der Waals surface area contributed by atoms with Crippen molar-refractivity contribution in [3.63, 3.8) is 0 Å². The number of rotatable bonds is 5. The lowest BCUT2D eigenvalue weighted by Crippen LogP contribution is -2.21. The summed E-state index contributed by atoms with van der Waals surface area (Å²) in [4.78, 5) is 4.54. The van der Waals surface area contributed by atoms with Crippen LogP contribution >= 0.6 is 11.6 Å². The van der Waals surface area contributed by atoms with Crippen molar-refractivity contribution in [2.24, 2.45) is 0 Å². The van der Waals surface area contributed by atoms with Crippen molar-refractivity contribution in [1.29, 1.82) is 0 Å². The summed E-state index contributed by atoms with van der Waals surface area (Å²) in [6.07, 6.45) is 2.75. The molecule has 0 aliphatic carbocycles. The van der Waals surface area contributed by atoms with Crippen LogP contribution in [0.25, 0.3) is 0 Å². The Hall–Kier alpha value is -1.58. The first-order valence-electron chi connectivity index (χ1n) is 6.65. The van der Waals surface area contributed by atoms with Crippen molar-refractivity contribution < 1.29 is 4.74 Å². The van der Waals surface area contributed by atoms with Gasteiger partial charge in [0.15, 0.2) is 0 Å². The SMILES string of the molecule is CCc1cccnc1C(NC)c1cc(Cl)ccc1OC. The Morgan fingerprint density at radius 3 is 2.80 bits per heavy atom. The van der Waals surface area contributed by atoms with E-state index in [1.165, 1.54) is 5.56 Å². The maximum absolute atomic E-state index is 6.13. The largest absolute Gasteiger partial charge is 0.496 e. The molecular weight excluding hydrogens is 272 g/mol. The average molecular weight is 291 g/mol. The van der Waals surface area contributed by atoms with E-state index in [1.807, 2.05) is 37.5 Å². The fourth-order valence-corrected chi connectivity index (χ4v) is 2.56. The zero-order valence-corrected chi connectivity index (χ0v) is 12.7. The smallest absolute Gasteiger partial charge is 0.124 e. The third-order valence-electron chi connectivity index (χ3n) is 3.37. The number of nitrogens with zero attached hydrogens (tertiary/aromatic N) is 1. The molecule has 106 valence electrons. The zero-order valence-electron chi connectivity index (χ0n) is 12.0. The molecule has 2 aromatic rings. The molecule has 0 aliphatic heterocycles. The standard InChI is InChI=1S/C16H19ClN2O/c1-4-11-6-5-9-19-15(11)16(18-2)13-10-12(17)7-8-14(13)20-3/h5-10,16,18H,4H2,1-3H3.